The first-order valence-electron chi connectivity index (χ1n) is 7.63. The molecule has 2 aromatic rings. The van der Waals surface area contributed by atoms with Crippen molar-refractivity contribution in [3.05, 3.63) is 43.9 Å². The van der Waals surface area contributed by atoms with E-state index in [2.05, 4.69) is 15.5 Å². The molecule has 7 nitrogen and oxygen atoms in total. The number of benzene rings is 1. The molecule has 0 aliphatic heterocycles. The molecule has 1 aliphatic carbocycles. The van der Waals surface area contributed by atoms with Crippen LogP contribution in [-0.4, -0.2) is 21.0 Å². The molecule has 9 heteroatoms. The molecule has 24 heavy (non-hydrogen) atoms. The second-order valence-electron chi connectivity index (χ2n) is 5.65. The Morgan fingerprint density at radius 1 is 1.29 bits per heavy atom. The first-order chi connectivity index (χ1) is 11.5. The quantitative estimate of drug-likeness (QED) is 0.638. The number of halogens is 1. The Bertz CT molecular complexity index is 774. The van der Waals surface area contributed by atoms with Crippen LogP contribution in [0.1, 0.15) is 53.4 Å². The summed E-state index contributed by atoms with van der Waals surface area (Å²) in [5.41, 5.74) is -0.393. The maximum atomic E-state index is 12.3. The maximum Gasteiger partial charge on any atom is 0.283 e. The summed E-state index contributed by atoms with van der Waals surface area (Å²) in [7, 11) is 0. The molecule has 1 N–H and O–H groups in total. The minimum atomic E-state index is -0.631. The van der Waals surface area contributed by atoms with Gasteiger partial charge in [0, 0.05) is 17.0 Å². The van der Waals surface area contributed by atoms with E-state index >= 15 is 0 Å². The Labute approximate surface area is 147 Å². The highest BCUT2D eigenvalue weighted by Crippen LogP contribution is 2.35. The highest BCUT2D eigenvalue weighted by atomic mass is 35.5. The Kier molecular flexibility index (Phi) is 5.06. The number of nitrogens with zero attached hydrogens (tertiary/aromatic N) is 3. The fourth-order valence-corrected chi connectivity index (χ4v) is 3.89. The Hall–Kier alpha value is -2.06. The van der Waals surface area contributed by atoms with Crippen LogP contribution in [0.5, 0.6) is 0 Å². The fourth-order valence-electron chi connectivity index (χ4n) is 2.81. The van der Waals surface area contributed by atoms with Gasteiger partial charge in [-0.1, -0.05) is 42.2 Å². The molecule has 1 aromatic carbocycles. The molecule has 3 rings (SSSR count). The summed E-state index contributed by atoms with van der Waals surface area (Å²) in [6.45, 7) is 0. The first kappa shape index (κ1) is 16.8. The predicted octanol–water partition coefficient (Wildman–Crippen LogP) is 4.40. The molecular formula is C15H15ClN4O3S. The van der Waals surface area contributed by atoms with Gasteiger partial charge in [-0.15, -0.1) is 10.2 Å². The zero-order valence-corrected chi connectivity index (χ0v) is 14.3. The van der Waals surface area contributed by atoms with E-state index in [9.17, 15) is 14.9 Å². The van der Waals surface area contributed by atoms with Crippen molar-refractivity contribution in [2.45, 2.75) is 38.0 Å². The molecule has 0 unspecified atom stereocenters. The number of hydrogen-bond donors (Lipinski definition) is 1. The van der Waals surface area contributed by atoms with E-state index in [0.29, 0.717) is 11.0 Å². The number of anilines is 1. The lowest BCUT2D eigenvalue weighted by atomic mass is 9.90. The summed E-state index contributed by atoms with van der Waals surface area (Å²) in [5, 5.41) is 23.3. The van der Waals surface area contributed by atoms with Gasteiger partial charge in [-0.2, -0.15) is 0 Å². The molecule has 1 fully saturated rings. The number of carbonyl (C=O) groups is 1. The van der Waals surface area contributed by atoms with Gasteiger partial charge in [0.25, 0.3) is 11.6 Å². The molecule has 1 heterocycles. The lowest BCUT2D eigenvalue weighted by Gasteiger charge is -2.18. The third-order valence-corrected chi connectivity index (χ3v) is 5.25. The van der Waals surface area contributed by atoms with E-state index in [0.717, 1.165) is 23.9 Å². The van der Waals surface area contributed by atoms with Gasteiger partial charge in [0.05, 0.1) is 4.92 Å². The number of nitro groups is 1. The number of carbonyl (C=O) groups excluding carboxylic acids is 1. The lowest BCUT2D eigenvalue weighted by molar-refractivity contribution is -0.385. The number of aromatic nitrogens is 2. The van der Waals surface area contributed by atoms with E-state index in [4.69, 9.17) is 11.6 Å². The molecule has 1 saturated carbocycles. The largest absolute Gasteiger partial charge is 0.296 e. The Morgan fingerprint density at radius 2 is 2.04 bits per heavy atom. The second kappa shape index (κ2) is 7.23. The van der Waals surface area contributed by atoms with Gasteiger partial charge in [0.15, 0.2) is 0 Å². The molecule has 1 aliphatic rings. The van der Waals surface area contributed by atoms with Crippen molar-refractivity contribution in [3.63, 3.8) is 0 Å². The number of rotatable bonds is 4. The van der Waals surface area contributed by atoms with Crippen LogP contribution in [0.2, 0.25) is 5.02 Å². The first-order valence-corrected chi connectivity index (χ1v) is 8.82. The molecule has 126 valence electrons. The smallest absolute Gasteiger partial charge is 0.283 e. The van der Waals surface area contributed by atoms with Crippen molar-refractivity contribution in [2.24, 2.45) is 0 Å². The zero-order chi connectivity index (χ0) is 17.1. The van der Waals surface area contributed by atoms with Crippen LogP contribution in [-0.2, 0) is 0 Å². The van der Waals surface area contributed by atoms with Crippen LogP contribution in [0.25, 0.3) is 0 Å². The Balaban J connectivity index is 1.76. The van der Waals surface area contributed by atoms with Gasteiger partial charge in [-0.25, -0.2) is 0 Å². The SMILES string of the molecule is O=C(Nc1nnc(C2CCCCC2)s1)c1ccc(Cl)cc1[N+](=O)[O-]. The van der Waals surface area contributed by atoms with Gasteiger partial charge < -0.3 is 0 Å². The summed E-state index contributed by atoms with van der Waals surface area (Å²) >= 11 is 7.09. The minimum absolute atomic E-state index is 0.0567. The van der Waals surface area contributed by atoms with Gasteiger partial charge in [0.1, 0.15) is 10.6 Å². The number of amides is 1. The highest BCUT2D eigenvalue weighted by molar-refractivity contribution is 7.15. The number of hydrogen-bond acceptors (Lipinski definition) is 6. The van der Waals surface area contributed by atoms with Crippen LogP contribution >= 0.6 is 22.9 Å². The molecule has 0 saturated heterocycles. The molecule has 0 atom stereocenters. The van der Waals surface area contributed by atoms with Crippen LogP contribution in [0.3, 0.4) is 0 Å². The summed E-state index contributed by atoms with van der Waals surface area (Å²) in [4.78, 5) is 22.8. The van der Waals surface area contributed by atoms with E-state index in [1.807, 2.05) is 0 Å². The zero-order valence-electron chi connectivity index (χ0n) is 12.7. The standard InChI is InChI=1S/C15H15ClN4O3S/c16-10-6-7-11(12(8-10)20(22)23)13(21)17-15-19-18-14(24-15)9-4-2-1-3-5-9/h6-9H,1-5H2,(H,17,19,21). The van der Waals surface area contributed by atoms with Crippen LogP contribution in [0.15, 0.2) is 18.2 Å². The fraction of sp³-hybridized carbons (Fsp3) is 0.400. The van der Waals surface area contributed by atoms with E-state index < -0.39 is 10.8 Å². The van der Waals surface area contributed by atoms with Gasteiger partial charge in [-0.05, 0) is 25.0 Å². The third kappa shape index (κ3) is 3.70. The average molecular weight is 367 g/mol. The van der Waals surface area contributed by atoms with Crippen molar-refractivity contribution >= 4 is 39.7 Å². The summed E-state index contributed by atoms with van der Waals surface area (Å²) in [6, 6.07) is 3.93. The van der Waals surface area contributed by atoms with Crippen molar-refractivity contribution < 1.29 is 9.72 Å². The van der Waals surface area contributed by atoms with Crippen LogP contribution in [0.4, 0.5) is 10.8 Å². The molecule has 0 radical (unpaired) electrons. The summed E-state index contributed by atoms with van der Waals surface area (Å²) < 4.78 is 0. The molecule has 1 amide bonds. The van der Waals surface area contributed by atoms with Gasteiger partial charge >= 0.3 is 0 Å². The number of nitro benzene ring substituents is 1. The third-order valence-electron chi connectivity index (χ3n) is 4.02. The van der Waals surface area contributed by atoms with Gasteiger partial charge in [-0.3, -0.25) is 20.2 Å². The van der Waals surface area contributed by atoms with Crippen LogP contribution < -0.4 is 5.32 Å². The van der Waals surface area contributed by atoms with E-state index in [1.54, 1.807) is 0 Å². The molecule has 0 bridgehead atoms. The number of nitrogens with one attached hydrogen (secondary N) is 1. The highest BCUT2D eigenvalue weighted by Gasteiger charge is 2.23. The second-order valence-corrected chi connectivity index (χ2v) is 7.10. The molecular weight excluding hydrogens is 352 g/mol. The van der Waals surface area contributed by atoms with Crippen molar-refractivity contribution in [1.82, 2.24) is 10.2 Å². The minimum Gasteiger partial charge on any atom is -0.296 e. The molecule has 1 aromatic heterocycles. The Morgan fingerprint density at radius 3 is 2.75 bits per heavy atom. The van der Waals surface area contributed by atoms with Crippen LogP contribution in [0, 0.1) is 10.1 Å². The average Bonchev–Trinajstić information content (AvgIpc) is 3.04. The van der Waals surface area contributed by atoms with Crippen molar-refractivity contribution in [2.75, 3.05) is 5.32 Å². The normalized spacial score (nSPS) is 15.2. The summed E-state index contributed by atoms with van der Waals surface area (Å²) in [6.07, 6.45) is 5.79. The van der Waals surface area contributed by atoms with Gasteiger partial charge in [0.2, 0.25) is 5.13 Å². The maximum absolute atomic E-state index is 12.3. The topological polar surface area (TPSA) is 98.0 Å². The van der Waals surface area contributed by atoms with E-state index in [-0.39, 0.29) is 16.3 Å². The monoisotopic (exact) mass is 366 g/mol. The lowest BCUT2D eigenvalue weighted by Crippen LogP contribution is -2.13. The van der Waals surface area contributed by atoms with Crippen molar-refractivity contribution in [3.8, 4) is 0 Å². The van der Waals surface area contributed by atoms with Crippen molar-refractivity contribution in [1.29, 1.82) is 0 Å². The predicted molar refractivity (Wildman–Crippen MR) is 91.8 cm³/mol. The summed E-state index contributed by atoms with van der Waals surface area (Å²) in [5.74, 6) is -0.198. The molecule has 0 spiro atoms. The van der Waals surface area contributed by atoms with E-state index in [1.165, 1.54) is 42.7 Å².